The summed E-state index contributed by atoms with van der Waals surface area (Å²) in [4.78, 5) is 16.7. The molecule has 7 heteroatoms. The van der Waals surface area contributed by atoms with Gasteiger partial charge in [-0.3, -0.25) is 9.69 Å². The fourth-order valence-electron chi connectivity index (χ4n) is 4.06. The van der Waals surface area contributed by atoms with Crippen molar-refractivity contribution in [2.24, 2.45) is 0 Å². The molecule has 2 aromatic carbocycles. The lowest BCUT2D eigenvalue weighted by Gasteiger charge is -2.35. The lowest BCUT2D eigenvalue weighted by atomic mass is 9.94. The Kier molecular flexibility index (Phi) is 7.16. The molecule has 0 aliphatic carbocycles. The highest BCUT2D eigenvalue weighted by molar-refractivity contribution is 7.16. The van der Waals surface area contributed by atoms with Crippen LogP contribution < -0.4 is 10.1 Å². The van der Waals surface area contributed by atoms with Crippen LogP contribution in [0.25, 0.3) is 0 Å². The zero-order chi connectivity index (χ0) is 22.7. The number of nitrogens with zero attached hydrogens (tertiary/aromatic N) is 1. The monoisotopic (exact) mass is 470 g/mol. The van der Waals surface area contributed by atoms with Gasteiger partial charge < -0.3 is 14.8 Å². The van der Waals surface area contributed by atoms with E-state index >= 15 is 0 Å². The minimum absolute atomic E-state index is 0.0197. The number of carbonyl (C=O) groups excluding carboxylic acids is 1. The molecule has 1 fully saturated rings. The number of carbonyl (C=O) groups is 1. The maximum Gasteiger partial charge on any atom is 0.256 e. The first-order valence-electron chi connectivity index (χ1n) is 10.6. The molecule has 168 valence electrons. The molecular formula is C25H27ClN2O3S. The van der Waals surface area contributed by atoms with Crippen molar-refractivity contribution in [3.63, 3.8) is 0 Å². The quantitative estimate of drug-likeness (QED) is 0.502. The molecule has 0 spiro atoms. The molecule has 32 heavy (non-hydrogen) atoms. The molecule has 1 saturated heterocycles. The summed E-state index contributed by atoms with van der Waals surface area (Å²) < 4.78 is 10.8. The van der Waals surface area contributed by atoms with Gasteiger partial charge in [-0.25, -0.2) is 0 Å². The van der Waals surface area contributed by atoms with Crippen molar-refractivity contribution in [2.45, 2.75) is 19.9 Å². The van der Waals surface area contributed by atoms with Gasteiger partial charge in [0.25, 0.3) is 5.91 Å². The summed E-state index contributed by atoms with van der Waals surface area (Å²) in [6.45, 7) is 7.23. The highest BCUT2D eigenvalue weighted by Crippen LogP contribution is 2.43. The third kappa shape index (κ3) is 4.84. The van der Waals surface area contributed by atoms with Gasteiger partial charge in [-0.2, -0.15) is 0 Å². The average molecular weight is 471 g/mol. The van der Waals surface area contributed by atoms with Gasteiger partial charge in [0.15, 0.2) is 0 Å². The number of morpholine rings is 1. The van der Waals surface area contributed by atoms with Crippen LogP contribution >= 0.6 is 22.9 Å². The lowest BCUT2D eigenvalue weighted by molar-refractivity contribution is 0.0240. The van der Waals surface area contributed by atoms with E-state index in [9.17, 15) is 4.79 Å². The summed E-state index contributed by atoms with van der Waals surface area (Å²) >= 11 is 7.98. The van der Waals surface area contributed by atoms with E-state index in [-0.39, 0.29) is 11.9 Å². The van der Waals surface area contributed by atoms with Crippen LogP contribution in [-0.4, -0.2) is 44.2 Å². The molecule has 5 nitrogen and oxygen atoms in total. The van der Waals surface area contributed by atoms with Gasteiger partial charge in [-0.1, -0.05) is 23.7 Å². The lowest BCUT2D eigenvalue weighted by Crippen LogP contribution is -2.40. The van der Waals surface area contributed by atoms with E-state index in [0.29, 0.717) is 23.8 Å². The van der Waals surface area contributed by atoms with Crippen molar-refractivity contribution in [1.82, 2.24) is 4.90 Å². The van der Waals surface area contributed by atoms with Crippen LogP contribution in [0.5, 0.6) is 5.75 Å². The molecule has 1 aliphatic heterocycles. The number of hydrogen-bond acceptors (Lipinski definition) is 5. The van der Waals surface area contributed by atoms with Crippen LogP contribution in [0.15, 0.2) is 48.5 Å². The van der Waals surface area contributed by atoms with Crippen LogP contribution in [0, 0.1) is 13.8 Å². The van der Waals surface area contributed by atoms with E-state index in [1.54, 1.807) is 42.7 Å². The number of halogens is 1. The molecule has 0 bridgehead atoms. The summed E-state index contributed by atoms with van der Waals surface area (Å²) in [5.74, 6) is 0.584. The van der Waals surface area contributed by atoms with E-state index < -0.39 is 0 Å². The Bertz CT molecular complexity index is 1090. The van der Waals surface area contributed by atoms with Gasteiger partial charge in [0.2, 0.25) is 0 Å². The average Bonchev–Trinajstić information content (AvgIpc) is 3.08. The number of hydrogen-bond donors (Lipinski definition) is 1. The highest BCUT2D eigenvalue weighted by atomic mass is 35.5. The molecule has 0 unspecified atom stereocenters. The number of benzene rings is 2. The molecule has 1 atom stereocenters. The molecule has 3 aromatic rings. The number of ether oxygens (including phenoxy) is 2. The zero-order valence-corrected chi connectivity index (χ0v) is 20.1. The molecule has 1 amide bonds. The molecule has 0 saturated carbocycles. The van der Waals surface area contributed by atoms with Gasteiger partial charge >= 0.3 is 0 Å². The molecule has 0 radical (unpaired) electrons. The Morgan fingerprint density at radius 2 is 1.88 bits per heavy atom. The van der Waals surface area contributed by atoms with Crippen molar-refractivity contribution in [2.75, 3.05) is 38.7 Å². The first-order valence-corrected chi connectivity index (χ1v) is 11.8. The predicted molar refractivity (Wildman–Crippen MR) is 130 cm³/mol. The van der Waals surface area contributed by atoms with E-state index in [2.05, 4.69) is 30.1 Å². The van der Waals surface area contributed by atoms with E-state index in [1.165, 1.54) is 10.4 Å². The molecular weight excluding hydrogens is 444 g/mol. The normalized spacial score (nSPS) is 15.4. The minimum atomic E-state index is -0.137. The first kappa shape index (κ1) is 22.8. The molecule has 1 N–H and O–H groups in total. The highest BCUT2D eigenvalue weighted by Gasteiger charge is 2.30. The van der Waals surface area contributed by atoms with Crippen LogP contribution in [0.1, 0.15) is 38.0 Å². The summed E-state index contributed by atoms with van der Waals surface area (Å²) in [6.07, 6.45) is 0. The second-order valence-electron chi connectivity index (χ2n) is 7.81. The van der Waals surface area contributed by atoms with Gasteiger partial charge in [0, 0.05) is 34.1 Å². The van der Waals surface area contributed by atoms with Crippen molar-refractivity contribution in [3.8, 4) is 5.75 Å². The van der Waals surface area contributed by atoms with Crippen molar-refractivity contribution < 1.29 is 14.3 Å². The summed E-state index contributed by atoms with van der Waals surface area (Å²) in [5.41, 5.74) is 4.02. The topological polar surface area (TPSA) is 50.8 Å². The fourth-order valence-corrected chi connectivity index (χ4v) is 5.34. The number of anilines is 1. The summed E-state index contributed by atoms with van der Waals surface area (Å²) in [7, 11) is 1.61. The minimum Gasteiger partial charge on any atom is -0.497 e. The smallest absolute Gasteiger partial charge is 0.256 e. The Morgan fingerprint density at radius 3 is 2.53 bits per heavy atom. The molecule has 4 rings (SSSR count). The van der Waals surface area contributed by atoms with Gasteiger partial charge in [0.1, 0.15) is 10.8 Å². The van der Waals surface area contributed by atoms with Crippen LogP contribution in [0.4, 0.5) is 5.00 Å². The van der Waals surface area contributed by atoms with Crippen LogP contribution in [-0.2, 0) is 4.74 Å². The first-order chi connectivity index (χ1) is 15.5. The second kappa shape index (κ2) is 10.0. The van der Waals surface area contributed by atoms with Gasteiger partial charge in [0.05, 0.1) is 26.4 Å². The van der Waals surface area contributed by atoms with Crippen LogP contribution in [0.2, 0.25) is 5.02 Å². The summed E-state index contributed by atoms with van der Waals surface area (Å²) in [6, 6.07) is 15.1. The Hall–Kier alpha value is -2.38. The van der Waals surface area contributed by atoms with E-state index in [1.807, 2.05) is 18.2 Å². The Morgan fingerprint density at radius 1 is 1.16 bits per heavy atom. The number of nitrogens with one attached hydrogen (secondary N) is 1. The third-order valence-electron chi connectivity index (χ3n) is 5.86. The maximum atomic E-state index is 13.1. The van der Waals surface area contributed by atoms with Crippen molar-refractivity contribution in [1.29, 1.82) is 0 Å². The predicted octanol–water partition coefficient (Wildman–Crippen LogP) is 5.70. The fraction of sp³-hybridized carbons (Fsp3) is 0.320. The third-order valence-corrected chi connectivity index (χ3v) is 7.23. The maximum absolute atomic E-state index is 13.1. The molecule has 2 heterocycles. The van der Waals surface area contributed by atoms with Crippen molar-refractivity contribution in [3.05, 3.63) is 80.7 Å². The van der Waals surface area contributed by atoms with Gasteiger partial charge in [-0.05, 0) is 61.4 Å². The number of rotatable bonds is 6. The molecule has 1 aromatic heterocycles. The summed E-state index contributed by atoms with van der Waals surface area (Å²) in [5, 5.41) is 4.75. The molecule has 1 aliphatic rings. The largest absolute Gasteiger partial charge is 0.497 e. The Balaban J connectivity index is 1.73. The number of methoxy groups -OCH3 is 1. The number of aryl methyl sites for hydroxylation is 1. The van der Waals surface area contributed by atoms with Crippen LogP contribution in [0.3, 0.4) is 0 Å². The number of thiophene rings is 1. The standard InChI is InChI=1S/C25H27ClN2O3S/c1-16-17(2)32-25(27-24(29)18-7-9-21(30-3)10-8-18)22(16)23(28-11-13-31-14-12-28)19-5-4-6-20(26)15-19/h4-10,15,23H,11-14H2,1-3H3,(H,27,29)/t23-/m1/s1. The zero-order valence-electron chi connectivity index (χ0n) is 18.5. The van der Waals surface area contributed by atoms with E-state index in [4.69, 9.17) is 21.1 Å². The SMILES string of the molecule is COc1ccc(C(=O)Nc2sc(C)c(C)c2[C@@H](c2cccc(Cl)c2)N2CCOCC2)cc1. The van der Waals surface area contributed by atoms with Gasteiger partial charge in [-0.15, -0.1) is 11.3 Å². The van der Waals surface area contributed by atoms with E-state index in [0.717, 1.165) is 35.0 Å². The Labute approximate surface area is 197 Å². The second-order valence-corrected chi connectivity index (χ2v) is 9.48. The van der Waals surface area contributed by atoms with Crippen molar-refractivity contribution >= 4 is 33.8 Å². The number of amides is 1.